The lowest BCUT2D eigenvalue weighted by Gasteiger charge is -1.95. The molecule has 111 valence electrons. The molecule has 0 aliphatic heterocycles. The number of nitro groups is 1. The fourth-order valence-corrected chi connectivity index (χ4v) is 1.83. The third-order valence-corrected chi connectivity index (χ3v) is 2.89. The fourth-order valence-electron chi connectivity index (χ4n) is 1.83. The zero-order valence-corrected chi connectivity index (χ0v) is 11.7. The lowest BCUT2D eigenvalue weighted by atomic mass is 10.1. The first-order chi connectivity index (χ1) is 10.7. The van der Waals surface area contributed by atoms with E-state index in [2.05, 4.69) is 0 Å². The second kappa shape index (κ2) is 7.70. The van der Waals surface area contributed by atoms with E-state index in [1.807, 2.05) is 30.3 Å². The van der Waals surface area contributed by atoms with Gasteiger partial charge in [0.25, 0.3) is 5.69 Å². The van der Waals surface area contributed by atoms with Crippen LogP contribution < -0.4 is 5.48 Å². The lowest BCUT2D eigenvalue weighted by Crippen LogP contribution is -2.82. The van der Waals surface area contributed by atoms with Gasteiger partial charge in [-0.3, -0.25) is 10.1 Å². The van der Waals surface area contributed by atoms with Crippen LogP contribution in [0.3, 0.4) is 0 Å². The Kier molecular flexibility index (Phi) is 5.39. The number of nitro benzene ring substituents is 1. The fraction of sp³-hybridized carbons (Fsp3) is 0.0625. The summed E-state index contributed by atoms with van der Waals surface area (Å²) in [7, 11) is 0. The molecule has 0 fully saturated rings. The Bertz CT molecular complexity index is 684. The van der Waals surface area contributed by atoms with Crippen LogP contribution in [0.1, 0.15) is 11.1 Å². The Hall–Kier alpha value is -2.99. The Labute approximate surface area is 127 Å². The van der Waals surface area contributed by atoms with Crippen LogP contribution in [0.2, 0.25) is 0 Å². The van der Waals surface area contributed by atoms with Crippen LogP contribution in [0, 0.1) is 10.1 Å². The number of para-hydroxylation sites is 1. The molecule has 0 aromatic heterocycles. The maximum Gasteiger partial charge on any atom is 0.662 e. The van der Waals surface area contributed by atoms with E-state index in [4.69, 9.17) is 4.84 Å². The van der Waals surface area contributed by atoms with Gasteiger partial charge in [-0.1, -0.05) is 52.8 Å². The summed E-state index contributed by atoms with van der Waals surface area (Å²) < 4.78 is 0. The first-order valence-electron chi connectivity index (χ1n) is 6.64. The minimum Gasteiger partial charge on any atom is -0.258 e. The number of benzene rings is 2. The highest BCUT2D eigenvalue weighted by molar-refractivity contribution is 5.87. The molecule has 0 spiro atoms. The van der Waals surface area contributed by atoms with Gasteiger partial charge in [0, 0.05) is 11.6 Å². The van der Waals surface area contributed by atoms with E-state index < -0.39 is 10.9 Å². The number of nitrogens with zero attached hydrogens (tertiary/aromatic N) is 1. The van der Waals surface area contributed by atoms with E-state index in [1.165, 1.54) is 23.7 Å². The molecule has 2 N–H and O–H groups in total. The second-order valence-electron chi connectivity index (χ2n) is 4.44. The summed E-state index contributed by atoms with van der Waals surface area (Å²) in [5.74, 6) is -0.575. The van der Waals surface area contributed by atoms with E-state index in [1.54, 1.807) is 18.2 Å². The van der Waals surface area contributed by atoms with Gasteiger partial charge in [-0.05, 0) is 12.1 Å². The molecule has 0 saturated carbocycles. The quantitative estimate of drug-likeness (QED) is 0.381. The summed E-state index contributed by atoms with van der Waals surface area (Å²) >= 11 is 0. The monoisotopic (exact) mass is 299 g/mol. The van der Waals surface area contributed by atoms with Crippen molar-refractivity contribution in [3.8, 4) is 0 Å². The molecule has 0 amide bonds. The van der Waals surface area contributed by atoms with Gasteiger partial charge in [0.2, 0.25) is 0 Å². The van der Waals surface area contributed by atoms with Crippen LogP contribution in [0.15, 0.2) is 60.7 Å². The highest BCUT2D eigenvalue weighted by Gasteiger charge is 2.17. The molecule has 0 unspecified atom stereocenters. The molecule has 0 bridgehead atoms. The molecule has 0 atom stereocenters. The molecule has 2 aromatic carbocycles. The average molecular weight is 299 g/mol. The van der Waals surface area contributed by atoms with Crippen molar-refractivity contribution in [2.24, 2.45) is 0 Å². The van der Waals surface area contributed by atoms with Crippen molar-refractivity contribution in [1.29, 1.82) is 0 Å². The standard InChI is InChI=1S/C16H14N2O4/c19-16(22-17-12-13-6-2-1-3-7-13)11-10-14-8-4-5-9-15(14)18(20)21/h1-11,17H,12H2/q+1/p+1/b11-10+. The molecule has 2 aromatic rings. The summed E-state index contributed by atoms with van der Waals surface area (Å²) in [5.41, 5.74) is 2.73. The van der Waals surface area contributed by atoms with Crippen molar-refractivity contribution in [3.05, 3.63) is 81.9 Å². The summed E-state index contributed by atoms with van der Waals surface area (Å²) in [4.78, 5) is 26.9. The van der Waals surface area contributed by atoms with E-state index in [0.29, 0.717) is 12.1 Å². The van der Waals surface area contributed by atoms with Crippen LogP contribution in [0.25, 0.3) is 6.08 Å². The summed E-state index contributed by atoms with van der Waals surface area (Å²) in [5, 5.41) is 10.8. The molecular weight excluding hydrogens is 284 g/mol. The lowest BCUT2D eigenvalue weighted by molar-refractivity contribution is -0.884. The summed E-state index contributed by atoms with van der Waals surface area (Å²) in [6, 6.07) is 15.7. The van der Waals surface area contributed by atoms with Crippen LogP contribution in [0.4, 0.5) is 5.69 Å². The largest absolute Gasteiger partial charge is 0.662 e. The van der Waals surface area contributed by atoms with Gasteiger partial charge in [-0.2, -0.15) is 0 Å². The van der Waals surface area contributed by atoms with E-state index in [0.717, 1.165) is 5.56 Å². The van der Waals surface area contributed by atoms with Gasteiger partial charge in [0.15, 0.2) is 6.54 Å². The predicted molar refractivity (Wildman–Crippen MR) is 80.3 cm³/mol. The molecule has 2 rings (SSSR count). The van der Waals surface area contributed by atoms with Crippen LogP contribution >= 0.6 is 0 Å². The third kappa shape index (κ3) is 4.53. The number of quaternary nitrogens is 1. The number of carbonyl (C=O) groups excluding carboxylic acids is 1. The van der Waals surface area contributed by atoms with Crippen LogP contribution in [-0.2, 0) is 16.2 Å². The predicted octanol–water partition coefficient (Wildman–Crippen LogP) is 1.83. The zero-order chi connectivity index (χ0) is 15.8. The minimum absolute atomic E-state index is 0.0557. The van der Waals surface area contributed by atoms with Crippen molar-refractivity contribution in [3.63, 3.8) is 0 Å². The average Bonchev–Trinajstić information content (AvgIpc) is 2.54. The smallest absolute Gasteiger partial charge is 0.258 e. The van der Waals surface area contributed by atoms with Crippen molar-refractivity contribution in [1.82, 2.24) is 0 Å². The molecule has 6 heteroatoms. The number of rotatable bonds is 6. The molecule has 1 radical (unpaired) electrons. The molecular formula is C16H15N2O4+2. The SMILES string of the molecule is O=[N+]([O-])c1ccccc1/C=C/C(=[O+])O[NH2+]Cc1ccccc1. The van der Waals surface area contributed by atoms with Gasteiger partial charge in [-0.15, -0.1) is 0 Å². The van der Waals surface area contributed by atoms with Gasteiger partial charge in [-0.25, -0.2) is 0 Å². The highest BCUT2D eigenvalue weighted by Crippen LogP contribution is 2.18. The first-order valence-corrected chi connectivity index (χ1v) is 6.64. The molecule has 0 aliphatic rings. The number of carbonyl (C=O) groups is 1. The van der Waals surface area contributed by atoms with Crippen LogP contribution in [0.5, 0.6) is 0 Å². The summed E-state index contributed by atoms with van der Waals surface area (Å²) in [6.45, 7) is 0.506. The van der Waals surface area contributed by atoms with Crippen molar-refractivity contribution >= 4 is 17.7 Å². The van der Waals surface area contributed by atoms with Gasteiger partial charge in [0.05, 0.1) is 15.3 Å². The topological polar surface area (TPSA) is 88.9 Å². The van der Waals surface area contributed by atoms with E-state index >= 15 is 0 Å². The molecule has 22 heavy (non-hydrogen) atoms. The van der Waals surface area contributed by atoms with Crippen molar-refractivity contribution in [2.45, 2.75) is 6.54 Å². The van der Waals surface area contributed by atoms with Gasteiger partial charge >= 0.3 is 5.97 Å². The molecule has 6 nitrogen and oxygen atoms in total. The number of hydrogen-bond acceptors (Lipinski definition) is 4. The number of nitrogens with two attached hydrogens (primary N) is 1. The number of hydroxylamine groups is 1. The Morgan fingerprint density at radius 1 is 1.18 bits per heavy atom. The molecule has 0 aliphatic carbocycles. The minimum atomic E-state index is -0.575. The normalized spacial score (nSPS) is 10.5. The highest BCUT2D eigenvalue weighted by atomic mass is 16.7. The summed E-state index contributed by atoms with van der Waals surface area (Å²) in [6.07, 6.45) is 2.54. The van der Waals surface area contributed by atoms with Crippen molar-refractivity contribution < 1.29 is 20.0 Å². The van der Waals surface area contributed by atoms with E-state index in [-0.39, 0.29) is 5.69 Å². The van der Waals surface area contributed by atoms with Crippen molar-refractivity contribution in [2.75, 3.05) is 0 Å². The Balaban J connectivity index is 1.88. The maximum absolute atomic E-state index is 11.6. The third-order valence-electron chi connectivity index (χ3n) is 2.89. The zero-order valence-electron chi connectivity index (χ0n) is 11.7. The Morgan fingerprint density at radius 3 is 2.59 bits per heavy atom. The molecule has 0 saturated heterocycles. The second-order valence-corrected chi connectivity index (χ2v) is 4.44. The van der Waals surface area contributed by atoms with E-state index in [9.17, 15) is 14.9 Å². The molecule has 0 heterocycles. The first kappa shape index (κ1) is 15.4. The number of hydrogen-bond donors (Lipinski definition) is 1. The Morgan fingerprint density at radius 2 is 1.86 bits per heavy atom. The van der Waals surface area contributed by atoms with Gasteiger partial charge in [0.1, 0.15) is 6.08 Å². The van der Waals surface area contributed by atoms with Gasteiger partial charge < -0.3 is 0 Å². The maximum atomic E-state index is 11.6. The van der Waals surface area contributed by atoms with Crippen LogP contribution in [-0.4, -0.2) is 10.9 Å².